The Bertz CT molecular complexity index is 816. The van der Waals surface area contributed by atoms with E-state index in [2.05, 4.69) is 29.4 Å². The standard InChI is InChI=1S/C20H25N3O3/c1-5-14-9-15-10-16(7-8-17(15)22-11-14)26-18(6-2)19(24)23-20(3,12-21)13-25-4/h7-11,18H,5-6,13H2,1-4H3,(H,23,24). The number of aromatic nitrogens is 1. The van der Waals surface area contributed by atoms with Crippen LogP contribution in [0.4, 0.5) is 0 Å². The maximum absolute atomic E-state index is 12.5. The van der Waals surface area contributed by atoms with Gasteiger partial charge < -0.3 is 14.8 Å². The summed E-state index contributed by atoms with van der Waals surface area (Å²) in [6.07, 6.45) is 2.55. The molecule has 0 radical (unpaired) electrons. The van der Waals surface area contributed by atoms with E-state index in [0.717, 1.165) is 22.9 Å². The molecule has 138 valence electrons. The van der Waals surface area contributed by atoms with Gasteiger partial charge in [0.2, 0.25) is 0 Å². The fraction of sp³-hybridized carbons (Fsp3) is 0.450. The van der Waals surface area contributed by atoms with Gasteiger partial charge in [0.1, 0.15) is 11.3 Å². The van der Waals surface area contributed by atoms with Crippen LogP contribution in [0.5, 0.6) is 5.75 Å². The minimum absolute atomic E-state index is 0.104. The first-order valence-electron chi connectivity index (χ1n) is 8.72. The van der Waals surface area contributed by atoms with Crippen LogP contribution >= 0.6 is 0 Å². The van der Waals surface area contributed by atoms with E-state index in [1.54, 1.807) is 13.0 Å². The van der Waals surface area contributed by atoms with Gasteiger partial charge in [0.15, 0.2) is 6.10 Å². The van der Waals surface area contributed by atoms with Crippen molar-refractivity contribution in [2.24, 2.45) is 0 Å². The monoisotopic (exact) mass is 355 g/mol. The molecule has 2 rings (SSSR count). The highest BCUT2D eigenvalue weighted by molar-refractivity contribution is 5.83. The van der Waals surface area contributed by atoms with Gasteiger partial charge in [-0.3, -0.25) is 9.78 Å². The Kier molecular flexibility index (Phi) is 6.53. The number of nitrogens with zero attached hydrogens (tertiary/aromatic N) is 2. The first kappa shape index (κ1) is 19.7. The summed E-state index contributed by atoms with van der Waals surface area (Å²) >= 11 is 0. The minimum atomic E-state index is -1.09. The summed E-state index contributed by atoms with van der Waals surface area (Å²) in [7, 11) is 1.49. The number of carbonyl (C=O) groups excluding carboxylic acids is 1. The molecule has 0 aliphatic carbocycles. The minimum Gasteiger partial charge on any atom is -0.481 e. The first-order chi connectivity index (χ1) is 12.4. The number of amides is 1. The topological polar surface area (TPSA) is 84.2 Å². The molecule has 6 nitrogen and oxygen atoms in total. The molecule has 0 fully saturated rings. The van der Waals surface area contributed by atoms with Crippen LogP contribution < -0.4 is 10.1 Å². The number of carbonyl (C=O) groups is 1. The average molecular weight is 355 g/mol. The third-order valence-electron chi connectivity index (χ3n) is 4.14. The Labute approximate surface area is 154 Å². The third kappa shape index (κ3) is 4.70. The molecule has 0 aliphatic heterocycles. The lowest BCUT2D eigenvalue weighted by molar-refractivity contribution is -0.129. The second-order valence-corrected chi connectivity index (χ2v) is 6.43. The van der Waals surface area contributed by atoms with Crippen LogP contribution in [0.15, 0.2) is 30.5 Å². The van der Waals surface area contributed by atoms with E-state index in [1.807, 2.05) is 25.3 Å². The van der Waals surface area contributed by atoms with Crippen molar-refractivity contribution in [1.82, 2.24) is 10.3 Å². The van der Waals surface area contributed by atoms with Gasteiger partial charge in [-0.15, -0.1) is 0 Å². The van der Waals surface area contributed by atoms with Crippen LogP contribution in [-0.2, 0) is 16.0 Å². The second-order valence-electron chi connectivity index (χ2n) is 6.43. The number of ether oxygens (including phenoxy) is 2. The molecule has 0 aliphatic rings. The number of hydrogen-bond donors (Lipinski definition) is 1. The summed E-state index contributed by atoms with van der Waals surface area (Å²) in [5, 5.41) is 13.0. The molecule has 1 aromatic heterocycles. The number of pyridine rings is 1. The van der Waals surface area contributed by atoms with Crippen LogP contribution in [0, 0.1) is 11.3 Å². The van der Waals surface area contributed by atoms with E-state index in [1.165, 1.54) is 7.11 Å². The largest absolute Gasteiger partial charge is 0.481 e. The number of fused-ring (bicyclic) bond motifs is 1. The second kappa shape index (κ2) is 8.63. The zero-order chi connectivity index (χ0) is 19.2. The van der Waals surface area contributed by atoms with Crippen molar-refractivity contribution in [2.75, 3.05) is 13.7 Å². The Hall–Kier alpha value is -2.65. The van der Waals surface area contributed by atoms with Gasteiger partial charge in [0.05, 0.1) is 18.2 Å². The number of aryl methyl sites for hydroxylation is 1. The normalized spacial score (nSPS) is 14.3. The number of hydrogen-bond acceptors (Lipinski definition) is 5. The van der Waals surface area contributed by atoms with Crippen LogP contribution in [0.1, 0.15) is 32.8 Å². The Balaban J connectivity index is 2.17. The van der Waals surface area contributed by atoms with Crippen molar-refractivity contribution in [3.05, 3.63) is 36.0 Å². The highest BCUT2D eigenvalue weighted by Crippen LogP contribution is 2.22. The maximum atomic E-state index is 12.5. The number of nitriles is 1. The number of nitrogens with one attached hydrogen (secondary N) is 1. The fourth-order valence-corrected chi connectivity index (χ4v) is 2.65. The van der Waals surface area contributed by atoms with Gasteiger partial charge in [-0.2, -0.15) is 5.26 Å². The summed E-state index contributed by atoms with van der Waals surface area (Å²) in [6, 6.07) is 9.70. The van der Waals surface area contributed by atoms with E-state index in [4.69, 9.17) is 9.47 Å². The van der Waals surface area contributed by atoms with Gasteiger partial charge >= 0.3 is 0 Å². The average Bonchev–Trinajstić information content (AvgIpc) is 2.65. The van der Waals surface area contributed by atoms with Crippen LogP contribution in [0.25, 0.3) is 10.9 Å². The van der Waals surface area contributed by atoms with Gasteiger partial charge in [0.25, 0.3) is 5.91 Å². The zero-order valence-corrected chi connectivity index (χ0v) is 15.7. The molecule has 2 unspecified atom stereocenters. The number of rotatable bonds is 8. The number of methoxy groups -OCH3 is 1. The van der Waals surface area contributed by atoms with Crippen molar-refractivity contribution in [2.45, 2.75) is 45.3 Å². The summed E-state index contributed by atoms with van der Waals surface area (Å²) in [4.78, 5) is 17.0. The molecule has 0 spiro atoms. The molecule has 1 amide bonds. The van der Waals surface area contributed by atoms with Crippen molar-refractivity contribution in [3.8, 4) is 11.8 Å². The fourth-order valence-electron chi connectivity index (χ4n) is 2.65. The molecule has 2 aromatic rings. The van der Waals surface area contributed by atoms with Crippen molar-refractivity contribution in [3.63, 3.8) is 0 Å². The SMILES string of the molecule is CCc1cnc2ccc(OC(CC)C(=O)NC(C)(C#N)COC)cc2c1. The molecule has 1 heterocycles. The predicted octanol–water partition coefficient (Wildman–Crippen LogP) is 3.00. The van der Waals surface area contributed by atoms with Crippen molar-refractivity contribution < 1.29 is 14.3 Å². The van der Waals surface area contributed by atoms with Crippen molar-refractivity contribution in [1.29, 1.82) is 5.26 Å². The van der Waals surface area contributed by atoms with E-state index >= 15 is 0 Å². The lowest BCUT2D eigenvalue weighted by Crippen LogP contribution is -2.52. The van der Waals surface area contributed by atoms with Gasteiger partial charge in [0, 0.05) is 18.7 Å². The molecule has 0 saturated carbocycles. The molecule has 1 aromatic carbocycles. The summed E-state index contributed by atoms with van der Waals surface area (Å²) in [5.74, 6) is 0.258. The highest BCUT2D eigenvalue weighted by atomic mass is 16.5. The van der Waals surface area contributed by atoms with E-state index in [0.29, 0.717) is 12.2 Å². The van der Waals surface area contributed by atoms with Gasteiger partial charge in [-0.1, -0.05) is 13.8 Å². The van der Waals surface area contributed by atoms with Gasteiger partial charge in [-0.25, -0.2) is 0 Å². The molecular formula is C20H25N3O3. The first-order valence-corrected chi connectivity index (χ1v) is 8.72. The molecule has 1 N–H and O–H groups in total. The third-order valence-corrected chi connectivity index (χ3v) is 4.14. The Morgan fingerprint density at radius 2 is 2.15 bits per heavy atom. The van der Waals surface area contributed by atoms with E-state index in [9.17, 15) is 10.1 Å². The van der Waals surface area contributed by atoms with E-state index < -0.39 is 11.6 Å². The molecule has 0 saturated heterocycles. The molecule has 26 heavy (non-hydrogen) atoms. The maximum Gasteiger partial charge on any atom is 0.262 e. The molecule has 6 heteroatoms. The van der Waals surface area contributed by atoms with Crippen LogP contribution in [0.3, 0.4) is 0 Å². The quantitative estimate of drug-likeness (QED) is 0.787. The van der Waals surface area contributed by atoms with Crippen LogP contribution in [0.2, 0.25) is 0 Å². The summed E-state index contributed by atoms with van der Waals surface area (Å²) in [5.41, 5.74) is 0.930. The predicted molar refractivity (Wildman–Crippen MR) is 99.9 cm³/mol. The van der Waals surface area contributed by atoms with Crippen LogP contribution in [-0.4, -0.2) is 36.3 Å². The van der Waals surface area contributed by atoms with Gasteiger partial charge in [-0.05, 0) is 49.6 Å². The zero-order valence-electron chi connectivity index (χ0n) is 15.7. The molecular weight excluding hydrogens is 330 g/mol. The highest BCUT2D eigenvalue weighted by Gasteiger charge is 2.30. The molecule has 2 atom stereocenters. The Morgan fingerprint density at radius 1 is 1.38 bits per heavy atom. The number of benzene rings is 1. The summed E-state index contributed by atoms with van der Waals surface area (Å²) in [6.45, 7) is 5.66. The smallest absolute Gasteiger partial charge is 0.262 e. The Morgan fingerprint density at radius 3 is 2.77 bits per heavy atom. The summed E-state index contributed by atoms with van der Waals surface area (Å²) < 4.78 is 10.9. The van der Waals surface area contributed by atoms with Crippen molar-refractivity contribution >= 4 is 16.8 Å². The van der Waals surface area contributed by atoms with E-state index in [-0.39, 0.29) is 12.5 Å². The molecule has 0 bridgehead atoms. The lowest BCUT2D eigenvalue weighted by atomic mass is 10.1. The lowest BCUT2D eigenvalue weighted by Gasteiger charge is -2.25.